The van der Waals surface area contributed by atoms with Crippen LogP contribution in [0.5, 0.6) is 0 Å². The molecule has 4 aromatic carbocycles. The molecule has 2 heteroatoms. The number of nitrogens with zero attached hydrogens (tertiary/aromatic N) is 2. The predicted molar refractivity (Wildman–Crippen MR) is 139 cm³/mol. The molecule has 0 radical (unpaired) electrons. The van der Waals surface area contributed by atoms with Crippen LogP contribution in [0.15, 0.2) is 119 Å². The van der Waals surface area contributed by atoms with Crippen molar-refractivity contribution >= 4 is 11.4 Å². The Kier molecular flexibility index (Phi) is 5.51. The second kappa shape index (κ2) is 8.63. The normalized spacial score (nSPS) is 15.8. The Balaban J connectivity index is 1.50. The van der Waals surface area contributed by atoms with E-state index in [-0.39, 0.29) is 11.3 Å². The average Bonchev–Trinajstić information content (AvgIpc) is 3.30. The van der Waals surface area contributed by atoms with Crippen molar-refractivity contribution in [2.75, 3.05) is 0 Å². The highest BCUT2D eigenvalue weighted by molar-refractivity contribution is 6.26. The monoisotopic (exact) mass is 428 g/mol. The Morgan fingerprint density at radius 2 is 0.909 bits per heavy atom. The minimum atomic E-state index is 0.00858. The molecule has 33 heavy (non-hydrogen) atoms. The molecular formula is C31H28N2. The second-order valence-corrected chi connectivity index (χ2v) is 9.58. The van der Waals surface area contributed by atoms with Gasteiger partial charge < -0.3 is 0 Å². The highest BCUT2D eigenvalue weighted by atomic mass is 15.2. The van der Waals surface area contributed by atoms with Crippen molar-refractivity contribution in [1.29, 1.82) is 0 Å². The van der Waals surface area contributed by atoms with Crippen LogP contribution in [0, 0.1) is 0 Å². The van der Waals surface area contributed by atoms with Crippen molar-refractivity contribution in [3.63, 3.8) is 0 Å². The molecule has 162 valence electrons. The van der Waals surface area contributed by atoms with Gasteiger partial charge in [-0.15, -0.1) is 0 Å². The first kappa shape index (κ1) is 21.1. The lowest BCUT2D eigenvalue weighted by molar-refractivity contribution is 0.590. The summed E-state index contributed by atoms with van der Waals surface area (Å²) in [5.41, 5.74) is 9.29. The summed E-state index contributed by atoms with van der Waals surface area (Å²) >= 11 is 0. The zero-order valence-corrected chi connectivity index (χ0v) is 19.4. The summed E-state index contributed by atoms with van der Waals surface area (Å²) in [7, 11) is 0. The molecule has 2 nitrogen and oxygen atoms in total. The fourth-order valence-corrected chi connectivity index (χ4v) is 4.37. The van der Waals surface area contributed by atoms with Crippen LogP contribution in [0.2, 0.25) is 0 Å². The lowest BCUT2D eigenvalue weighted by Crippen LogP contribution is -2.20. The van der Waals surface area contributed by atoms with E-state index in [0.717, 1.165) is 22.6 Å². The van der Waals surface area contributed by atoms with Gasteiger partial charge in [0.1, 0.15) is 0 Å². The third-order valence-electron chi connectivity index (χ3n) is 6.28. The molecule has 1 heterocycles. The molecule has 1 aliphatic rings. The molecular weight excluding hydrogens is 400 g/mol. The van der Waals surface area contributed by atoms with Crippen molar-refractivity contribution in [1.82, 2.24) is 0 Å². The maximum Gasteiger partial charge on any atom is 0.0838 e. The topological polar surface area (TPSA) is 24.7 Å². The van der Waals surface area contributed by atoms with Gasteiger partial charge >= 0.3 is 0 Å². The first-order valence-corrected chi connectivity index (χ1v) is 11.5. The average molecular weight is 429 g/mol. The Labute approximate surface area is 196 Å². The molecule has 0 spiro atoms. The predicted octanol–water partition coefficient (Wildman–Crippen LogP) is 7.64. The Morgan fingerprint density at radius 1 is 0.485 bits per heavy atom. The summed E-state index contributed by atoms with van der Waals surface area (Å²) in [5.74, 6) is 0.00858. The van der Waals surface area contributed by atoms with E-state index in [0.29, 0.717) is 0 Å². The van der Waals surface area contributed by atoms with Crippen molar-refractivity contribution in [2.45, 2.75) is 32.1 Å². The molecule has 5 rings (SSSR count). The number of hydrogen-bond donors (Lipinski definition) is 0. The smallest absolute Gasteiger partial charge is 0.0838 e. The molecule has 0 fully saturated rings. The highest BCUT2D eigenvalue weighted by Crippen LogP contribution is 2.33. The molecule has 0 aromatic heterocycles. The fraction of sp³-hybridized carbons (Fsp3) is 0.161. The van der Waals surface area contributed by atoms with Crippen molar-refractivity contribution in [2.24, 2.45) is 10.2 Å². The third-order valence-corrected chi connectivity index (χ3v) is 6.28. The van der Waals surface area contributed by atoms with E-state index in [4.69, 9.17) is 10.2 Å². The third kappa shape index (κ3) is 4.29. The Bertz CT molecular complexity index is 1290. The van der Waals surface area contributed by atoms with E-state index in [1.165, 1.54) is 22.3 Å². The second-order valence-electron chi connectivity index (χ2n) is 9.58. The molecule has 0 N–H and O–H groups in total. The number of benzene rings is 4. The zero-order chi connectivity index (χ0) is 22.8. The summed E-state index contributed by atoms with van der Waals surface area (Å²) < 4.78 is 0. The lowest BCUT2D eigenvalue weighted by atomic mass is 9.82. The van der Waals surface area contributed by atoms with E-state index in [2.05, 4.69) is 124 Å². The van der Waals surface area contributed by atoms with Gasteiger partial charge in [-0.25, -0.2) is 0 Å². The van der Waals surface area contributed by atoms with Gasteiger partial charge in [-0.3, -0.25) is 0 Å². The summed E-state index contributed by atoms with van der Waals surface area (Å²) in [6, 6.07) is 38.5. The van der Waals surface area contributed by atoms with E-state index in [9.17, 15) is 0 Å². The summed E-state index contributed by atoms with van der Waals surface area (Å²) in [4.78, 5) is 0. The first-order chi connectivity index (χ1) is 16.0. The molecule has 1 atom stereocenters. The fourth-order valence-electron chi connectivity index (χ4n) is 4.37. The molecule has 0 saturated heterocycles. The van der Waals surface area contributed by atoms with Crippen molar-refractivity contribution in [3.8, 4) is 11.1 Å². The number of rotatable bonds is 4. The van der Waals surface area contributed by atoms with Crippen LogP contribution in [0.1, 0.15) is 48.9 Å². The highest BCUT2D eigenvalue weighted by Gasteiger charge is 2.31. The molecule has 0 saturated carbocycles. The molecule has 0 bridgehead atoms. The maximum absolute atomic E-state index is 4.70. The number of hydrogen-bond acceptors (Lipinski definition) is 2. The van der Waals surface area contributed by atoms with Crippen LogP contribution in [0.3, 0.4) is 0 Å². The van der Waals surface area contributed by atoms with Gasteiger partial charge in [0.15, 0.2) is 0 Å². The van der Waals surface area contributed by atoms with Crippen LogP contribution in [-0.4, -0.2) is 11.4 Å². The summed E-state index contributed by atoms with van der Waals surface area (Å²) in [5, 5.41) is 9.40. The van der Waals surface area contributed by atoms with Gasteiger partial charge in [0.05, 0.1) is 17.3 Å². The molecule has 0 aliphatic carbocycles. The van der Waals surface area contributed by atoms with Gasteiger partial charge in [0.2, 0.25) is 0 Å². The Hall–Kier alpha value is -3.78. The lowest BCUT2D eigenvalue weighted by Gasteiger charge is -2.20. The minimum Gasteiger partial charge on any atom is -0.154 e. The van der Waals surface area contributed by atoms with E-state index >= 15 is 0 Å². The first-order valence-electron chi connectivity index (χ1n) is 11.5. The standard InChI is InChI=1S/C31H28N2/c1-31(2,3)27-20-18-26(19-21-27)30-28(24-12-8-5-9-13-24)29(32-33-30)25-16-14-23(15-17-25)22-10-6-4-7-11-22/h4-21,28H,1-3H3. The zero-order valence-electron chi connectivity index (χ0n) is 19.4. The Morgan fingerprint density at radius 3 is 1.42 bits per heavy atom. The van der Waals surface area contributed by atoms with Crippen LogP contribution >= 0.6 is 0 Å². The van der Waals surface area contributed by atoms with Gasteiger partial charge in [-0.05, 0) is 38.8 Å². The maximum atomic E-state index is 4.70. The van der Waals surface area contributed by atoms with Gasteiger partial charge in [0.25, 0.3) is 0 Å². The minimum absolute atomic E-state index is 0.00858. The van der Waals surface area contributed by atoms with E-state index in [1.807, 2.05) is 6.07 Å². The van der Waals surface area contributed by atoms with Crippen LogP contribution < -0.4 is 0 Å². The van der Waals surface area contributed by atoms with Crippen molar-refractivity contribution in [3.05, 3.63) is 131 Å². The molecule has 1 unspecified atom stereocenters. The van der Waals surface area contributed by atoms with E-state index < -0.39 is 0 Å². The van der Waals surface area contributed by atoms with E-state index in [1.54, 1.807) is 0 Å². The summed E-state index contributed by atoms with van der Waals surface area (Å²) in [6.07, 6.45) is 0. The van der Waals surface area contributed by atoms with Gasteiger partial charge in [-0.2, -0.15) is 10.2 Å². The molecule has 4 aromatic rings. The summed E-state index contributed by atoms with van der Waals surface area (Å²) in [6.45, 7) is 6.71. The molecule has 0 amide bonds. The quantitative estimate of drug-likeness (QED) is 0.319. The molecule has 1 aliphatic heterocycles. The van der Waals surface area contributed by atoms with Gasteiger partial charge in [-0.1, -0.05) is 130 Å². The van der Waals surface area contributed by atoms with Crippen LogP contribution in [0.25, 0.3) is 11.1 Å². The van der Waals surface area contributed by atoms with Crippen LogP contribution in [-0.2, 0) is 5.41 Å². The van der Waals surface area contributed by atoms with Gasteiger partial charge in [0, 0.05) is 0 Å². The SMILES string of the molecule is CC(C)(C)c1ccc(C2=NN=C(c3ccc(-c4ccccc4)cc3)C2c2ccccc2)cc1. The van der Waals surface area contributed by atoms with Crippen molar-refractivity contribution < 1.29 is 0 Å². The largest absolute Gasteiger partial charge is 0.154 e. The van der Waals surface area contributed by atoms with Crippen LogP contribution in [0.4, 0.5) is 0 Å².